The summed E-state index contributed by atoms with van der Waals surface area (Å²) in [7, 11) is 0.738. The zero-order chi connectivity index (χ0) is 17.9. The van der Waals surface area contributed by atoms with E-state index in [1.54, 1.807) is 25.5 Å². The lowest BCUT2D eigenvalue weighted by Gasteiger charge is -2.18. The van der Waals surface area contributed by atoms with Crippen molar-refractivity contribution in [1.82, 2.24) is 14.2 Å². The van der Waals surface area contributed by atoms with E-state index in [1.807, 2.05) is 6.07 Å². The van der Waals surface area contributed by atoms with Gasteiger partial charge in [-0.1, -0.05) is 17.7 Å². The number of pyridine rings is 1. The van der Waals surface area contributed by atoms with E-state index in [9.17, 15) is 13.2 Å². The fourth-order valence-electron chi connectivity index (χ4n) is 2.09. The Hall–Kier alpha value is -1.96. The van der Waals surface area contributed by atoms with Crippen LogP contribution in [-0.4, -0.2) is 49.7 Å². The summed E-state index contributed by atoms with van der Waals surface area (Å²) in [6.45, 7) is 0.366. The van der Waals surface area contributed by atoms with E-state index >= 15 is 0 Å². The zero-order valence-corrected chi connectivity index (χ0v) is 15.2. The molecule has 1 aromatic heterocycles. The fraction of sp³-hybridized carbons (Fsp3) is 0.250. The van der Waals surface area contributed by atoms with Gasteiger partial charge >= 0.3 is 0 Å². The lowest BCUT2D eigenvalue weighted by Crippen LogP contribution is -2.27. The van der Waals surface area contributed by atoms with E-state index in [-0.39, 0.29) is 21.4 Å². The summed E-state index contributed by atoms with van der Waals surface area (Å²) in [5.41, 5.74) is 1.13. The van der Waals surface area contributed by atoms with Gasteiger partial charge in [-0.05, 0) is 29.8 Å². The topological polar surface area (TPSA) is 70.6 Å². The molecule has 0 radical (unpaired) electrons. The smallest absolute Gasteiger partial charge is 0.253 e. The predicted octanol–water partition coefficient (Wildman–Crippen LogP) is 2.26. The van der Waals surface area contributed by atoms with E-state index in [1.165, 1.54) is 37.2 Å². The second kappa shape index (κ2) is 7.29. The van der Waals surface area contributed by atoms with Crippen molar-refractivity contribution in [2.75, 3.05) is 21.1 Å². The second-order valence-electron chi connectivity index (χ2n) is 5.46. The minimum atomic E-state index is -3.73. The first-order chi connectivity index (χ1) is 11.2. The lowest BCUT2D eigenvalue weighted by molar-refractivity contribution is 0.0784. The highest BCUT2D eigenvalue weighted by atomic mass is 35.5. The molecule has 6 nitrogen and oxygen atoms in total. The number of nitrogens with zero attached hydrogens (tertiary/aromatic N) is 3. The van der Waals surface area contributed by atoms with Gasteiger partial charge in [-0.3, -0.25) is 9.78 Å². The summed E-state index contributed by atoms with van der Waals surface area (Å²) in [5, 5.41) is 0.0789. The number of carbonyl (C=O) groups is 1. The van der Waals surface area contributed by atoms with Crippen LogP contribution in [0.5, 0.6) is 0 Å². The second-order valence-corrected chi connectivity index (χ2v) is 7.98. The average Bonchev–Trinajstić information content (AvgIpc) is 2.55. The summed E-state index contributed by atoms with van der Waals surface area (Å²) >= 11 is 6.00. The fourth-order valence-corrected chi connectivity index (χ4v) is 3.48. The predicted molar refractivity (Wildman–Crippen MR) is 92.4 cm³/mol. The van der Waals surface area contributed by atoms with Crippen LogP contribution in [0, 0.1) is 0 Å². The van der Waals surface area contributed by atoms with Crippen molar-refractivity contribution < 1.29 is 13.2 Å². The zero-order valence-electron chi connectivity index (χ0n) is 13.6. The number of rotatable bonds is 5. The third-order valence-corrected chi connectivity index (χ3v) is 5.72. The number of halogens is 1. The Morgan fingerprint density at radius 2 is 1.92 bits per heavy atom. The van der Waals surface area contributed by atoms with E-state index in [4.69, 9.17) is 11.6 Å². The molecule has 0 aliphatic heterocycles. The van der Waals surface area contributed by atoms with Crippen LogP contribution in [0.3, 0.4) is 0 Å². The number of amides is 1. The first-order valence-electron chi connectivity index (χ1n) is 7.10. The summed E-state index contributed by atoms with van der Waals surface area (Å²) in [6, 6.07) is 7.89. The van der Waals surface area contributed by atoms with Gasteiger partial charge in [0, 0.05) is 45.6 Å². The van der Waals surface area contributed by atoms with Crippen LogP contribution in [0.25, 0.3) is 0 Å². The Morgan fingerprint density at radius 3 is 2.50 bits per heavy atom. The van der Waals surface area contributed by atoms with Gasteiger partial charge in [0.2, 0.25) is 10.0 Å². The van der Waals surface area contributed by atoms with E-state index in [0.717, 1.165) is 9.87 Å². The van der Waals surface area contributed by atoms with Crippen molar-refractivity contribution in [2.24, 2.45) is 0 Å². The average molecular weight is 368 g/mol. The Balaban J connectivity index is 2.30. The molecule has 0 fully saturated rings. The molecular formula is C16H18ClN3O3S. The molecule has 24 heavy (non-hydrogen) atoms. The number of benzene rings is 1. The highest BCUT2D eigenvalue weighted by molar-refractivity contribution is 7.89. The number of hydrogen-bond acceptors (Lipinski definition) is 4. The van der Waals surface area contributed by atoms with Crippen molar-refractivity contribution in [1.29, 1.82) is 0 Å². The van der Waals surface area contributed by atoms with Gasteiger partial charge in [0.1, 0.15) is 4.90 Å². The molecule has 128 valence electrons. The van der Waals surface area contributed by atoms with Gasteiger partial charge < -0.3 is 4.90 Å². The summed E-state index contributed by atoms with van der Waals surface area (Å²) in [4.78, 5) is 18.0. The van der Waals surface area contributed by atoms with E-state index < -0.39 is 10.0 Å². The molecule has 0 bridgehead atoms. The maximum atomic E-state index is 12.6. The van der Waals surface area contributed by atoms with Gasteiger partial charge in [0.05, 0.1) is 5.02 Å². The largest absolute Gasteiger partial charge is 0.337 e. The Bertz CT molecular complexity index is 839. The third kappa shape index (κ3) is 3.92. The molecule has 1 amide bonds. The Kier molecular flexibility index (Phi) is 5.58. The maximum Gasteiger partial charge on any atom is 0.253 e. The standard InChI is InChI=1S/C16H18ClN3O3S/c1-19(2)24(22,23)15-9-13(6-7-14(15)17)16(21)20(3)11-12-5-4-8-18-10-12/h4-10H,11H2,1-3H3. The molecule has 2 rings (SSSR count). The van der Waals surface area contributed by atoms with Crippen molar-refractivity contribution in [2.45, 2.75) is 11.4 Å². The van der Waals surface area contributed by atoms with Crippen LogP contribution < -0.4 is 0 Å². The number of aromatic nitrogens is 1. The number of hydrogen-bond donors (Lipinski definition) is 0. The molecule has 0 atom stereocenters. The molecule has 1 aromatic carbocycles. The van der Waals surface area contributed by atoms with Crippen LogP contribution in [0.4, 0.5) is 0 Å². The number of sulfonamides is 1. The van der Waals surface area contributed by atoms with Gasteiger partial charge in [0.15, 0.2) is 0 Å². The van der Waals surface area contributed by atoms with Crippen LogP contribution in [-0.2, 0) is 16.6 Å². The molecule has 0 saturated carbocycles. The van der Waals surface area contributed by atoms with Crippen LogP contribution in [0.2, 0.25) is 5.02 Å². The van der Waals surface area contributed by atoms with Gasteiger partial charge in [-0.25, -0.2) is 12.7 Å². The summed E-state index contributed by atoms with van der Waals surface area (Å²) in [5.74, 6) is -0.300. The van der Waals surface area contributed by atoms with Crippen LogP contribution in [0.15, 0.2) is 47.6 Å². The summed E-state index contributed by atoms with van der Waals surface area (Å²) < 4.78 is 25.7. The minimum absolute atomic E-state index is 0.0789. The Labute approximate surface area is 146 Å². The molecule has 1 heterocycles. The normalized spacial score (nSPS) is 11.5. The van der Waals surface area contributed by atoms with Crippen molar-refractivity contribution >= 4 is 27.5 Å². The molecule has 0 saturated heterocycles. The van der Waals surface area contributed by atoms with Crippen molar-refractivity contribution in [3.8, 4) is 0 Å². The summed E-state index contributed by atoms with van der Waals surface area (Å²) in [6.07, 6.45) is 3.33. The van der Waals surface area contributed by atoms with Crippen molar-refractivity contribution in [3.05, 3.63) is 58.9 Å². The first-order valence-corrected chi connectivity index (χ1v) is 8.91. The van der Waals surface area contributed by atoms with Crippen molar-refractivity contribution in [3.63, 3.8) is 0 Å². The van der Waals surface area contributed by atoms with Gasteiger partial charge in [0.25, 0.3) is 5.91 Å². The molecular weight excluding hydrogens is 350 g/mol. The van der Waals surface area contributed by atoms with E-state index in [2.05, 4.69) is 4.98 Å². The SMILES string of the molecule is CN(Cc1cccnc1)C(=O)c1ccc(Cl)c(S(=O)(=O)N(C)C)c1. The highest BCUT2D eigenvalue weighted by Crippen LogP contribution is 2.25. The first kappa shape index (κ1) is 18.4. The maximum absolute atomic E-state index is 12.6. The quantitative estimate of drug-likeness (QED) is 0.812. The highest BCUT2D eigenvalue weighted by Gasteiger charge is 2.23. The van der Waals surface area contributed by atoms with E-state index in [0.29, 0.717) is 6.54 Å². The molecule has 0 aliphatic rings. The molecule has 2 aromatic rings. The molecule has 0 unspecified atom stereocenters. The lowest BCUT2D eigenvalue weighted by atomic mass is 10.2. The Morgan fingerprint density at radius 1 is 1.21 bits per heavy atom. The molecule has 8 heteroatoms. The minimum Gasteiger partial charge on any atom is -0.337 e. The molecule has 0 spiro atoms. The molecule has 0 aliphatic carbocycles. The van der Waals surface area contributed by atoms with Crippen LogP contribution in [0.1, 0.15) is 15.9 Å². The third-order valence-electron chi connectivity index (χ3n) is 3.43. The molecule has 0 N–H and O–H groups in total. The van der Waals surface area contributed by atoms with Gasteiger partial charge in [-0.15, -0.1) is 0 Å². The monoisotopic (exact) mass is 367 g/mol. The number of carbonyl (C=O) groups excluding carboxylic acids is 1. The van der Waals surface area contributed by atoms with Crippen LogP contribution >= 0.6 is 11.6 Å². The van der Waals surface area contributed by atoms with Gasteiger partial charge in [-0.2, -0.15) is 0 Å².